The number of hydrogen-bond acceptors (Lipinski definition) is 2. The van der Waals surface area contributed by atoms with Crippen molar-refractivity contribution in [3.05, 3.63) is 0 Å². The van der Waals surface area contributed by atoms with Gasteiger partial charge < -0.3 is 10.4 Å². The standard InChI is InChI=1S/C9H21NO/c1-4-5-6-8(2)10-9(3)7-11/h8-11H,4-7H2,1-3H3. The molecule has 0 heterocycles. The van der Waals surface area contributed by atoms with E-state index in [1.165, 1.54) is 19.3 Å². The highest BCUT2D eigenvalue weighted by molar-refractivity contribution is 4.65. The van der Waals surface area contributed by atoms with Gasteiger partial charge in [0, 0.05) is 12.1 Å². The minimum atomic E-state index is 0.233. The molecular formula is C9H21NO. The van der Waals surface area contributed by atoms with E-state index >= 15 is 0 Å². The zero-order valence-corrected chi connectivity index (χ0v) is 7.93. The largest absolute Gasteiger partial charge is 0.395 e. The molecule has 2 N–H and O–H groups in total. The monoisotopic (exact) mass is 159 g/mol. The number of unbranched alkanes of at least 4 members (excludes halogenated alkanes) is 1. The van der Waals surface area contributed by atoms with Crippen molar-refractivity contribution in [2.75, 3.05) is 6.61 Å². The number of hydrogen-bond donors (Lipinski definition) is 2. The lowest BCUT2D eigenvalue weighted by Crippen LogP contribution is -2.36. The molecule has 0 aromatic rings. The molecule has 0 rings (SSSR count). The zero-order valence-electron chi connectivity index (χ0n) is 7.93. The van der Waals surface area contributed by atoms with Gasteiger partial charge in [0.1, 0.15) is 0 Å². The second-order valence-electron chi connectivity index (χ2n) is 3.29. The molecule has 0 spiro atoms. The Morgan fingerprint density at radius 2 is 1.91 bits per heavy atom. The van der Waals surface area contributed by atoms with Gasteiger partial charge in [0.15, 0.2) is 0 Å². The third-order valence-corrected chi connectivity index (χ3v) is 1.83. The molecule has 0 radical (unpaired) electrons. The highest BCUT2D eigenvalue weighted by Crippen LogP contribution is 2.00. The first-order valence-corrected chi connectivity index (χ1v) is 4.57. The molecule has 0 aliphatic carbocycles. The molecule has 0 fully saturated rings. The van der Waals surface area contributed by atoms with Crippen LogP contribution in [0.5, 0.6) is 0 Å². The quantitative estimate of drug-likeness (QED) is 0.616. The smallest absolute Gasteiger partial charge is 0.0582 e. The van der Waals surface area contributed by atoms with E-state index in [0.29, 0.717) is 6.04 Å². The lowest BCUT2D eigenvalue weighted by atomic mass is 10.1. The minimum absolute atomic E-state index is 0.233. The van der Waals surface area contributed by atoms with Crippen LogP contribution in [0.3, 0.4) is 0 Å². The van der Waals surface area contributed by atoms with Crippen LogP contribution in [0.25, 0.3) is 0 Å². The van der Waals surface area contributed by atoms with Crippen LogP contribution in [-0.2, 0) is 0 Å². The van der Waals surface area contributed by atoms with Crippen LogP contribution in [0.4, 0.5) is 0 Å². The van der Waals surface area contributed by atoms with Gasteiger partial charge >= 0.3 is 0 Å². The van der Waals surface area contributed by atoms with Gasteiger partial charge in [-0.1, -0.05) is 19.8 Å². The fraction of sp³-hybridized carbons (Fsp3) is 1.00. The Bertz CT molecular complexity index is 85.6. The maximum absolute atomic E-state index is 8.75. The molecular weight excluding hydrogens is 138 g/mol. The van der Waals surface area contributed by atoms with Gasteiger partial charge in [-0.15, -0.1) is 0 Å². The summed E-state index contributed by atoms with van der Waals surface area (Å²) in [7, 11) is 0. The second kappa shape index (κ2) is 6.62. The summed E-state index contributed by atoms with van der Waals surface area (Å²) in [5, 5.41) is 12.1. The summed E-state index contributed by atoms with van der Waals surface area (Å²) in [5.41, 5.74) is 0. The van der Waals surface area contributed by atoms with Crippen molar-refractivity contribution >= 4 is 0 Å². The summed E-state index contributed by atoms with van der Waals surface area (Å²) in [4.78, 5) is 0. The Balaban J connectivity index is 3.27. The van der Waals surface area contributed by atoms with Gasteiger partial charge in [-0.05, 0) is 20.3 Å². The molecule has 0 aliphatic heterocycles. The SMILES string of the molecule is CCCCC(C)NC(C)CO. The Labute approximate surface area is 70.0 Å². The zero-order chi connectivity index (χ0) is 8.69. The molecule has 68 valence electrons. The number of aliphatic hydroxyl groups excluding tert-OH is 1. The minimum Gasteiger partial charge on any atom is -0.395 e. The number of rotatable bonds is 6. The predicted molar refractivity (Wildman–Crippen MR) is 48.7 cm³/mol. The van der Waals surface area contributed by atoms with E-state index < -0.39 is 0 Å². The molecule has 0 amide bonds. The van der Waals surface area contributed by atoms with Crippen molar-refractivity contribution in [3.63, 3.8) is 0 Å². The van der Waals surface area contributed by atoms with Gasteiger partial charge in [-0.3, -0.25) is 0 Å². The molecule has 2 unspecified atom stereocenters. The van der Waals surface area contributed by atoms with Crippen LogP contribution in [0.15, 0.2) is 0 Å². The van der Waals surface area contributed by atoms with Crippen LogP contribution in [0.2, 0.25) is 0 Å². The molecule has 2 heteroatoms. The molecule has 0 saturated heterocycles. The second-order valence-corrected chi connectivity index (χ2v) is 3.29. The van der Waals surface area contributed by atoms with Crippen molar-refractivity contribution in [2.45, 2.75) is 52.1 Å². The Morgan fingerprint density at radius 1 is 1.27 bits per heavy atom. The van der Waals surface area contributed by atoms with Gasteiger partial charge in [-0.25, -0.2) is 0 Å². The molecule has 0 aromatic carbocycles. The first kappa shape index (κ1) is 10.9. The third kappa shape index (κ3) is 6.32. The van der Waals surface area contributed by atoms with E-state index in [2.05, 4.69) is 19.2 Å². The number of nitrogens with one attached hydrogen (secondary N) is 1. The predicted octanol–water partition coefficient (Wildman–Crippen LogP) is 1.54. The van der Waals surface area contributed by atoms with Crippen LogP contribution in [-0.4, -0.2) is 23.8 Å². The highest BCUT2D eigenvalue weighted by Gasteiger charge is 2.04. The van der Waals surface area contributed by atoms with E-state index in [-0.39, 0.29) is 12.6 Å². The Kier molecular flexibility index (Phi) is 6.57. The van der Waals surface area contributed by atoms with Crippen molar-refractivity contribution in [1.82, 2.24) is 5.32 Å². The first-order chi connectivity index (χ1) is 5.20. The normalized spacial score (nSPS) is 16.4. The Morgan fingerprint density at radius 3 is 2.36 bits per heavy atom. The lowest BCUT2D eigenvalue weighted by Gasteiger charge is -2.17. The van der Waals surface area contributed by atoms with E-state index in [9.17, 15) is 0 Å². The van der Waals surface area contributed by atoms with Crippen molar-refractivity contribution < 1.29 is 5.11 Å². The fourth-order valence-corrected chi connectivity index (χ4v) is 1.13. The summed E-state index contributed by atoms with van der Waals surface area (Å²) < 4.78 is 0. The molecule has 0 aromatic heterocycles. The molecule has 0 saturated carbocycles. The fourth-order valence-electron chi connectivity index (χ4n) is 1.13. The average molecular weight is 159 g/mol. The Hall–Kier alpha value is -0.0800. The summed E-state index contributed by atoms with van der Waals surface area (Å²) in [6.45, 7) is 6.60. The van der Waals surface area contributed by atoms with Gasteiger partial charge in [0.05, 0.1) is 6.61 Å². The van der Waals surface area contributed by atoms with Crippen molar-refractivity contribution in [2.24, 2.45) is 0 Å². The van der Waals surface area contributed by atoms with Crippen LogP contribution in [0.1, 0.15) is 40.0 Å². The number of aliphatic hydroxyl groups is 1. The van der Waals surface area contributed by atoms with E-state index in [0.717, 1.165) is 0 Å². The van der Waals surface area contributed by atoms with E-state index in [4.69, 9.17) is 5.11 Å². The highest BCUT2D eigenvalue weighted by atomic mass is 16.3. The summed E-state index contributed by atoms with van der Waals surface area (Å²) in [5.74, 6) is 0. The average Bonchev–Trinajstić information content (AvgIpc) is 2.00. The van der Waals surface area contributed by atoms with Crippen LogP contribution >= 0.6 is 0 Å². The van der Waals surface area contributed by atoms with Gasteiger partial charge in [0.25, 0.3) is 0 Å². The summed E-state index contributed by atoms with van der Waals surface area (Å²) in [6.07, 6.45) is 3.73. The van der Waals surface area contributed by atoms with Gasteiger partial charge in [-0.2, -0.15) is 0 Å². The van der Waals surface area contributed by atoms with Crippen molar-refractivity contribution in [3.8, 4) is 0 Å². The topological polar surface area (TPSA) is 32.3 Å². The molecule has 2 atom stereocenters. The maximum Gasteiger partial charge on any atom is 0.0582 e. The van der Waals surface area contributed by atoms with E-state index in [1.54, 1.807) is 0 Å². The van der Waals surface area contributed by atoms with Gasteiger partial charge in [0.2, 0.25) is 0 Å². The van der Waals surface area contributed by atoms with Crippen LogP contribution < -0.4 is 5.32 Å². The maximum atomic E-state index is 8.75. The van der Waals surface area contributed by atoms with Crippen molar-refractivity contribution in [1.29, 1.82) is 0 Å². The molecule has 11 heavy (non-hydrogen) atoms. The van der Waals surface area contributed by atoms with E-state index in [1.807, 2.05) is 6.92 Å². The molecule has 0 aliphatic rings. The first-order valence-electron chi connectivity index (χ1n) is 4.57. The third-order valence-electron chi connectivity index (χ3n) is 1.83. The lowest BCUT2D eigenvalue weighted by molar-refractivity contribution is 0.240. The summed E-state index contributed by atoms with van der Waals surface area (Å²) >= 11 is 0. The van der Waals surface area contributed by atoms with Crippen LogP contribution in [0, 0.1) is 0 Å². The summed E-state index contributed by atoms with van der Waals surface area (Å²) in [6, 6.07) is 0.777. The molecule has 2 nitrogen and oxygen atoms in total. The molecule has 0 bridgehead atoms.